The highest BCUT2D eigenvalue weighted by Crippen LogP contribution is 1.98. The van der Waals surface area contributed by atoms with E-state index in [1.165, 1.54) is 12.7 Å². The molecule has 96 valence electrons. The van der Waals surface area contributed by atoms with Gasteiger partial charge in [0.1, 0.15) is 0 Å². The summed E-state index contributed by atoms with van der Waals surface area (Å²) in [6.45, 7) is 4.70. The van der Waals surface area contributed by atoms with E-state index in [1.807, 2.05) is 10.9 Å². The number of esters is 1. The van der Waals surface area contributed by atoms with Gasteiger partial charge in [-0.3, -0.25) is 9.48 Å². The number of carbonyl (C=O) groups excluding carboxylic acids is 1. The number of nitrogens with zero attached hydrogens (tertiary/aromatic N) is 2. The molecule has 1 heterocycles. The second kappa shape index (κ2) is 7.84. The molecule has 0 unspecified atom stereocenters. The smallest absolute Gasteiger partial charge is 0.305 e. The lowest BCUT2D eigenvalue weighted by Crippen LogP contribution is -2.15. The van der Waals surface area contributed by atoms with E-state index in [4.69, 9.17) is 0 Å². The lowest BCUT2D eigenvalue weighted by Gasteiger charge is -2.02. The Balaban J connectivity index is 2.11. The first-order chi connectivity index (χ1) is 8.26. The van der Waals surface area contributed by atoms with Crippen molar-refractivity contribution in [3.05, 3.63) is 18.0 Å². The predicted octanol–water partition coefficient (Wildman–Crippen LogP) is 1.34. The van der Waals surface area contributed by atoms with Crippen LogP contribution in [0.1, 0.15) is 31.7 Å². The summed E-state index contributed by atoms with van der Waals surface area (Å²) in [5, 5.41) is 7.52. The van der Waals surface area contributed by atoms with Gasteiger partial charge in [0.25, 0.3) is 0 Å². The highest BCUT2D eigenvalue weighted by atomic mass is 16.5. The molecule has 17 heavy (non-hydrogen) atoms. The minimum absolute atomic E-state index is 0.150. The number of nitrogens with one attached hydrogen (secondary N) is 1. The number of hydrogen-bond donors (Lipinski definition) is 1. The van der Waals surface area contributed by atoms with Gasteiger partial charge in [0.05, 0.1) is 13.3 Å². The number of methoxy groups -OCH3 is 1. The third kappa shape index (κ3) is 5.49. The quantitative estimate of drug-likeness (QED) is 0.549. The molecule has 0 aliphatic heterocycles. The summed E-state index contributed by atoms with van der Waals surface area (Å²) in [5.74, 6) is -0.150. The van der Waals surface area contributed by atoms with Gasteiger partial charge in [-0.2, -0.15) is 5.10 Å². The van der Waals surface area contributed by atoms with Gasteiger partial charge in [0.2, 0.25) is 0 Å². The first-order valence-electron chi connectivity index (χ1n) is 6.05. The molecule has 0 saturated carbocycles. The second-order valence-electron chi connectivity index (χ2n) is 3.97. The van der Waals surface area contributed by atoms with E-state index in [0.717, 1.165) is 32.5 Å². The van der Waals surface area contributed by atoms with E-state index in [0.29, 0.717) is 6.42 Å². The maximum absolute atomic E-state index is 10.9. The predicted molar refractivity (Wildman–Crippen MR) is 65.5 cm³/mol. The average molecular weight is 239 g/mol. The Bertz CT molecular complexity index is 336. The Morgan fingerprint density at radius 3 is 3.12 bits per heavy atom. The van der Waals surface area contributed by atoms with Crippen LogP contribution in [0.25, 0.3) is 0 Å². The van der Waals surface area contributed by atoms with E-state index >= 15 is 0 Å². The fourth-order valence-electron chi connectivity index (χ4n) is 1.54. The van der Waals surface area contributed by atoms with E-state index in [2.05, 4.69) is 28.3 Å². The molecule has 0 spiro atoms. The fraction of sp³-hybridized carbons (Fsp3) is 0.667. The van der Waals surface area contributed by atoms with Gasteiger partial charge in [-0.15, -0.1) is 0 Å². The number of hydrogen-bond acceptors (Lipinski definition) is 4. The summed E-state index contributed by atoms with van der Waals surface area (Å²) >= 11 is 0. The lowest BCUT2D eigenvalue weighted by molar-refractivity contribution is -0.140. The standard InChI is InChI=1S/C12H21N3O2/c1-3-7-15-10-11(9-14-15)8-13-6-4-5-12(16)17-2/h9-10,13H,3-8H2,1-2H3. The number of carbonyl (C=O) groups is 1. The molecule has 0 radical (unpaired) electrons. The zero-order valence-corrected chi connectivity index (χ0v) is 10.6. The van der Waals surface area contributed by atoms with Crippen LogP contribution >= 0.6 is 0 Å². The monoisotopic (exact) mass is 239 g/mol. The van der Waals surface area contributed by atoms with Gasteiger partial charge in [0.15, 0.2) is 0 Å². The highest BCUT2D eigenvalue weighted by molar-refractivity contribution is 5.69. The third-order valence-electron chi connectivity index (χ3n) is 2.43. The molecule has 0 amide bonds. The van der Waals surface area contributed by atoms with E-state index in [-0.39, 0.29) is 5.97 Å². The largest absolute Gasteiger partial charge is 0.469 e. The van der Waals surface area contributed by atoms with Crippen molar-refractivity contribution >= 4 is 5.97 Å². The van der Waals surface area contributed by atoms with Gasteiger partial charge in [-0.25, -0.2) is 0 Å². The molecule has 0 aromatic carbocycles. The molecule has 1 N–H and O–H groups in total. The summed E-state index contributed by atoms with van der Waals surface area (Å²) in [6, 6.07) is 0. The van der Waals surface area contributed by atoms with Crippen LogP contribution in [-0.2, 0) is 22.6 Å². The molecule has 1 aromatic heterocycles. The molecule has 5 nitrogen and oxygen atoms in total. The molecule has 0 atom stereocenters. The number of ether oxygens (including phenoxy) is 1. The van der Waals surface area contributed by atoms with Crippen molar-refractivity contribution in [3.8, 4) is 0 Å². The summed E-state index contributed by atoms with van der Waals surface area (Å²) in [4.78, 5) is 10.9. The molecule has 0 bridgehead atoms. The molecule has 0 fully saturated rings. The average Bonchev–Trinajstić information content (AvgIpc) is 2.76. The maximum atomic E-state index is 10.9. The van der Waals surface area contributed by atoms with Crippen molar-refractivity contribution in [3.63, 3.8) is 0 Å². The summed E-state index contributed by atoms with van der Waals surface area (Å²) in [7, 11) is 1.41. The van der Waals surface area contributed by atoms with Crippen LogP contribution in [0.4, 0.5) is 0 Å². The maximum Gasteiger partial charge on any atom is 0.305 e. The summed E-state index contributed by atoms with van der Waals surface area (Å²) < 4.78 is 6.52. The van der Waals surface area contributed by atoms with Crippen LogP contribution in [0, 0.1) is 0 Å². The van der Waals surface area contributed by atoms with Crippen LogP contribution in [-0.4, -0.2) is 29.4 Å². The lowest BCUT2D eigenvalue weighted by atomic mass is 10.3. The number of aryl methyl sites for hydroxylation is 1. The van der Waals surface area contributed by atoms with Gasteiger partial charge in [-0.1, -0.05) is 6.92 Å². The first kappa shape index (κ1) is 13.7. The minimum Gasteiger partial charge on any atom is -0.469 e. The Morgan fingerprint density at radius 2 is 2.41 bits per heavy atom. The fourth-order valence-corrected chi connectivity index (χ4v) is 1.54. The Kier molecular flexibility index (Phi) is 6.32. The van der Waals surface area contributed by atoms with Crippen molar-refractivity contribution in [2.24, 2.45) is 0 Å². The zero-order chi connectivity index (χ0) is 12.5. The first-order valence-corrected chi connectivity index (χ1v) is 6.05. The van der Waals surface area contributed by atoms with Crippen molar-refractivity contribution in [2.75, 3.05) is 13.7 Å². The van der Waals surface area contributed by atoms with Crippen molar-refractivity contribution in [1.29, 1.82) is 0 Å². The molecule has 1 rings (SSSR count). The van der Waals surface area contributed by atoms with Gasteiger partial charge < -0.3 is 10.1 Å². The van der Waals surface area contributed by atoms with Crippen LogP contribution in [0.15, 0.2) is 12.4 Å². The topological polar surface area (TPSA) is 56.2 Å². The number of rotatable bonds is 8. The van der Waals surface area contributed by atoms with Crippen molar-refractivity contribution in [1.82, 2.24) is 15.1 Å². The van der Waals surface area contributed by atoms with Gasteiger partial charge in [-0.05, 0) is 19.4 Å². The molecule has 0 aliphatic rings. The Labute approximate surface area is 102 Å². The normalized spacial score (nSPS) is 10.5. The van der Waals surface area contributed by atoms with E-state index in [9.17, 15) is 4.79 Å². The van der Waals surface area contributed by atoms with Crippen LogP contribution in [0.3, 0.4) is 0 Å². The molecular weight excluding hydrogens is 218 g/mol. The van der Waals surface area contributed by atoms with Crippen LogP contribution in [0.5, 0.6) is 0 Å². The minimum atomic E-state index is -0.150. The highest BCUT2D eigenvalue weighted by Gasteiger charge is 2.00. The Morgan fingerprint density at radius 1 is 1.59 bits per heavy atom. The summed E-state index contributed by atoms with van der Waals surface area (Å²) in [6.07, 6.45) is 6.29. The van der Waals surface area contributed by atoms with E-state index < -0.39 is 0 Å². The summed E-state index contributed by atoms with van der Waals surface area (Å²) in [5.41, 5.74) is 1.18. The molecule has 5 heteroatoms. The second-order valence-corrected chi connectivity index (χ2v) is 3.97. The third-order valence-corrected chi connectivity index (χ3v) is 2.43. The molecular formula is C12H21N3O2. The van der Waals surface area contributed by atoms with Gasteiger partial charge in [0, 0.05) is 31.3 Å². The Hall–Kier alpha value is -1.36. The SMILES string of the molecule is CCCn1cc(CNCCCC(=O)OC)cn1. The molecule has 0 saturated heterocycles. The zero-order valence-electron chi connectivity index (χ0n) is 10.6. The van der Waals surface area contributed by atoms with Gasteiger partial charge >= 0.3 is 5.97 Å². The van der Waals surface area contributed by atoms with Crippen LogP contribution in [0.2, 0.25) is 0 Å². The molecule has 1 aromatic rings. The van der Waals surface area contributed by atoms with Crippen molar-refractivity contribution < 1.29 is 9.53 Å². The van der Waals surface area contributed by atoms with Crippen molar-refractivity contribution in [2.45, 2.75) is 39.3 Å². The van der Waals surface area contributed by atoms with E-state index in [1.54, 1.807) is 0 Å². The van der Waals surface area contributed by atoms with Crippen LogP contribution < -0.4 is 5.32 Å². The number of aromatic nitrogens is 2. The molecule has 0 aliphatic carbocycles.